The Morgan fingerprint density at radius 3 is 2.88 bits per heavy atom. The first kappa shape index (κ1) is 19.1. The lowest BCUT2D eigenvalue weighted by Crippen LogP contribution is -2.12. The Labute approximate surface area is 144 Å². The topological polar surface area (TPSA) is 81.4 Å². The molecule has 0 bridgehead atoms. The van der Waals surface area contributed by atoms with E-state index in [1.54, 1.807) is 13.3 Å². The van der Waals surface area contributed by atoms with Gasteiger partial charge in [0.25, 0.3) is 0 Å². The molecule has 8 heteroatoms. The van der Waals surface area contributed by atoms with Crippen LogP contribution in [0.3, 0.4) is 0 Å². The molecule has 0 aliphatic carbocycles. The Morgan fingerprint density at radius 2 is 2.21 bits per heavy atom. The van der Waals surface area contributed by atoms with Crippen LogP contribution >= 0.6 is 8.38 Å². The highest BCUT2D eigenvalue weighted by Crippen LogP contribution is 2.40. The van der Waals surface area contributed by atoms with Crippen LogP contribution in [0, 0.1) is 5.41 Å². The van der Waals surface area contributed by atoms with Crippen molar-refractivity contribution in [3.8, 4) is 0 Å². The predicted octanol–water partition coefficient (Wildman–Crippen LogP) is 3.72. The van der Waals surface area contributed by atoms with Gasteiger partial charge in [0, 0.05) is 12.7 Å². The molecule has 0 amide bonds. The molecule has 0 atom stereocenters. The van der Waals surface area contributed by atoms with Gasteiger partial charge in [-0.05, 0) is 26.7 Å². The molecule has 1 aromatic rings. The molecule has 1 aliphatic rings. The molecule has 2 rings (SSSR count). The number of anilines is 1. The second kappa shape index (κ2) is 9.89. The van der Waals surface area contributed by atoms with Crippen molar-refractivity contribution < 1.29 is 13.8 Å². The third-order valence-electron chi connectivity index (χ3n) is 3.64. The Kier molecular flexibility index (Phi) is 7.85. The van der Waals surface area contributed by atoms with Crippen LogP contribution in [0.4, 0.5) is 5.82 Å². The van der Waals surface area contributed by atoms with Crippen LogP contribution in [-0.2, 0) is 20.3 Å². The van der Waals surface area contributed by atoms with Gasteiger partial charge in [-0.2, -0.15) is 0 Å². The summed E-state index contributed by atoms with van der Waals surface area (Å²) in [7, 11) is -0.889. The first-order valence-electron chi connectivity index (χ1n) is 8.25. The van der Waals surface area contributed by atoms with Gasteiger partial charge in [0.2, 0.25) is 0 Å². The molecule has 0 spiro atoms. The molecule has 1 saturated heterocycles. The molecule has 0 unspecified atom stereocenters. The summed E-state index contributed by atoms with van der Waals surface area (Å²) < 4.78 is 18.7. The number of rotatable bonds is 9. The molecule has 0 saturated carbocycles. The fourth-order valence-electron chi connectivity index (χ4n) is 2.08. The van der Waals surface area contributed by atoms with Crippen LogP contribution in [0.15, 0.2) is 18.1 Å². The summed E-state index contributed by atoms with van der Waals surface area (Å²) >= 11 is 0. The minimum absolute atomic E-state index is 0.437. The molecular formula is C16H27N4O3P. The van der Waals surface area contributed by atoms with E-state index in [4.69, 9.17) is 19.2 Å². The third kappa shape index (κ3) is 5.67. The lowest BCUT2D eigenvalue weighted by molar-refractivity contribution is 0.123. The van der Waals surface area contributed by atoms with Crippen molar-refractivity contribution in [1.82, 2.24) is 9.55 Å². The van der Waals surface area contributed by atoms with Crippen LogP contribution in [0.25, 0.3) is 0 Å². The number of allylic oxidation sites excluding steroid dienone is 1. The zero-order valence-electron chi connectivity index (χ0n) is 14.7. The lowest BCUT2D eigenvalue weighted by Gasteiger charge is -2.21. The van der Waals surface area contributed by atoms with Crippen LogP contribution in [0.1, 0.15) is 39.3 Å². The average molecular weight is 354 g/mol. The first-order chi connectivity index (χ1) is 11.6. The van der Waals surface area contributed by atoms with E-state index in [1.165, 1.54) is 5.57 Å². The summed E-state index contributed by atoms with van der Waals surface area (Å²) in [5.41, 5.74) is 2.34. The van der Waals surface area contributed by atoms with Crippen LogP contribution in [0.2, 0.25) is 0 Å². The van der Waals surface area contributed by atoms with Crippen LogP contribution in [0.5, 0.6) is 0 Å². The molecule has 134 valence electrons. The second-order valence-electron chi connectivity index (χ2n) is 5.64. The number of hydrogen-bond donors (Lipinski definition) is 2. The van der Waals surface area contributed by atoms with E-state index >= 15 is 0 Å². The summed E-state index contributed by atoms with van der Waals surface area (Å²) in [6, 6.07) is 0. The maximum absolute atomic E-state index is 7.87. The maximum atomic E-state index is 7.87. The Bertz CT molecular complexity index is 568. The van der Waals surface area contributed by atoms with Crippen molar-refractivity contribution in [3.05, 3.63) is 23.8 Å². The third-order valence-corrected chi connectivity index (χ3v) is 4.97. The van der Waals surface area contributed by atoms with Gasteiger partial charge in [-0.25, -0.2) is 4.98 Å². The average Bonchev–Trinajstić information content (AvgIpc) is 3.00. The molecule has 1 aromatic heterocycles. The first-order valence-corrected chi connectivity index (χ1v) is 9.62. The summed E-state index contributed by atoms with van der Waals surface area (Å²) in [5.74, 6) is 0.829. The fourth-order valence-corrected chi connectivity index (χ4v) is 3.24. The zero-order valence-corrected chi connectivity index (χ0v) is 15.6. The highest BCUT2D eigenvalue weighted by Gasteiger charge is 2.16. The minimum atomic E-state index is -0.889. The quantitative estimate of drug-likeness (QED) is 0.401. The van der Waals surface area contributed by atoms with Gasteiger partial charge in [0.1, 0.15) is 17.9 Å². The zero-order chi connectivity index (χ0) is 17.4. The van der Waals surface area contributed by atoms with Gasteiger partial charge in [-0.3, -0.25) is 0 Å². The van der Waals surface area contributed by atoms with Crippen molar-refractivity contribution in [3.63, 3.8) is 0 Å². The summed E-state index contributed by atoms with van der Waals surface area (Å²) in [5, 5.41) is 11.1. The van der Waals surface area contributed by atoms with Crippen LogP contribution in [-0.4, -0.2) is 41.4 Å². The monoisotopic (exact) mass is 354 g/mol. The maximum Gasteiger partial charge on any atom is 0.198 e. The summed E-state index contributed by atoms with van der Waals surface area (Å²) in [4.78, 5) is 4.33. The number of aromatic nitrogens is 2. The number of imidazole rings is 1. The minimum Gasteiger partial charge on any atom is -0.370 e. The van der Waals surface area contributed by atoms with E-state index in [0.29, 0.717) is 30.9 Å². The normalized spacial score (nSPS) is 16.4. The van der Waals surface area contributed by atoms with E-state index in [9.17, 15) is 0 Å². The van der Waals surface area contributed by atoms with Gasteiger partial charge in [0.15, 0.2) is 8.38 Å². The molecule has 0 radical (unpaired) electrons. The molecule has 2 heterocycles. The SMILES string of the molecule is CC/C(C)=C/Nc1c(C(C)=N)ncn1CCOCP1OCCCO1. The Balaban J connectivity index is 1.89. The smallest absolute Gasteiger partial charge is 0.198 e. The molecule has 1 fully saturated rings. The largest absolute Gasteiger partial charge is 0.370 e. The number of nitrogens with one attached hydrogen (secondary N) is 2. The van der Waals surface area contributed by atoms with Gasteiger partial charge >= 0.3 is 0 Å². The number of hydrogen-bond acceptors (Lipinski definition) is 6. The van der Waals surface area contributed by atoms with Gasteiger partial charge in [-0.1, -0.05) is 12.5 Å². The van der Waals surface area contributed by atoms with Crippen LogP contribution < -0.4 is 5.32 Å². The highest BCUT2D eigenvalue weighted by atomic mass is 31.2. The van der Waals surface area contributed by atoms with Gasteiger partial charge < -0.3 is 29.1 Å². The number of ether oxygens (including phenoxy) is 1. The standard InChI is InChI=1S/C16H27N4O3P/c1-4-13(2)10-18-16-15(14(3)17)19-11-20(16)6-9-21-12-24-22-7-5-8-23-24/h10-11,17-18H,4-9,12H2,1-3H3/b13-10+,17-14?. The van der Waals surface area contributed by atoms with E-state index in [1.807, 2.05) is 10.8 Å². The van der Waals surface area contributed by atoms with Crippen molar-refractivity contribution in [1.29, 1.82) is 5.41 Å². The summed E-state index contributed by atoms with van der Waals surface area (Å²) in [6.45, 7) is 8.64. The van der Waals surface area contributed by atoms with Crippen molar-refractivity contribution in [2.24, 2.45) is 0 Å². The highest BCUT2D eigenvalue weighted by molar-refractivity contribution is 7.47. The second-order valence-corrected chi connectivity index (χ2v) is 7.08. The van der Waals surface area contributed by atoms with E-state index in [2.05, 4.69) is 24.1 Å². The van der Waals surface area contributed by atoms with E-state index < -0.39 is 8.38 Å². The predicted molar refractivity (Wildman–Crippen MR) is 96.7 cm³/mol. The number of nitrogens with zero attached hydrogens (tertiary/aromatic N) is 2. The molecule has 2 N–H and O–H groups in total. The van der Waals surface area contributed by atoms with Crippen molar-refractivity contribution in [2.75, 3.05) is 31.5 Å². The summed E-state index contributed by atoms with van der Waals surface area (Å²) in [6.07, 6.45) is 6.14. The molecule has 7 nitrogen and oxygen atoms in total. The molecule has 24 heavy (non-hydrogen) atoms. The van der Waals surface area contributed by atoms with Gasteiger partial charge in [-0.15, -0.1) is 0 Å². The van der Waals surface area contributed by atoms with Crippen molar-refractivity contribution >= 4 is 19.9 Å². The lowest BCUT2D eigenvalue weighted by atomic mass is 10.2. The Hall–Kier alpha value is -1.27. The molecular weight excluding hydrogens is 327 g/mol. The van der Waals surface area contributed by atoms with Crippen molar-refractivity contribution in [2.45, 2.75) is 40.2 Å². The molecule has 0 aromatic carbocycles. The van der Waals surface area contributed by atoms with E-state index in [-0.39, 0.29) is 0 Å². The molecule has 1 aliphatic heterocycles. The fraction of sp³-hybridized carbons (Fsp3) is 0.625. The van der Waals surface area contributed by atoms with Gasteiger partial charge in [0.05, 0.1) is 31.9 Å². The van der Waals surface area contributed by atoms with E-state index in [0.717, 1.165) is 31.9 Å². The Morgan fingerprint density at radius 1 is 1.46 bits per heavy atom.